The van der Waals surface area contributed by atoms with Crippen LogP contribution in [0, 0.1) is 18.3 Å². The zero-order chi connectivity index (χ0) is 15.7. The summed E-state index contributed by atoms with van der Waals surface area (Å²) in [6, 6.07) is 8.92. The average molecular weight is 295 g/mol. The first-order valence-corrected chi connectivity index (χ1v) is 6.76. The van der Waals surface area contributed by atoms with Crippen molar-refractivity contribution >= 4 is 5.65 Å². The van der Waals surface area contributed by atoms with E-state index in [-0.39, 0.29) is 29.9 Å². The van der Waals surface area contributed by atoms with Crippen molar-refractivity contribution in [2.24, 2.45) is 0 Å². The molecule has 110 valence electrons. The lowest BCUT2D eigenvalue weighted by molar-refractivity contribution is 0.510. The molecular weight excluding hydrogens is 282 g/mol. The molecule has 0 aliphatic heterocycles. The van der Waals surface area contributed by atoms with Gasteiger partial charge in [0.15, 0.2) is 5.65 Å². The van der Waals surface area contributed by atoms with Crippen molar-refractivity contribution in [2.45, 2.75) is 20.0 Å². The molecule has 0 saturated heterocycles. The number of hydrogen-bond acceptors (Lipinski definition) is 4. The highest BCUT2D eigenvalue weighted by Gasteiger charge is 2.09. The first kappa shape index (κ1) is 13.8. The molecule has 0 unspecified atom stereocenters. The maximum absolute atomic E-state index is 12.1. The predicted molar refractivity (Wildman–Crippen MR) is 79.6 cm³/mol. The summed E-state index contributed by atoms with van der Waals surface area (Å²) in [5.41, 5.74) is 0.732. The highest BCUT2D eigenvalue weighted by atomic mass is 16.2. The summed E-state index contributed by atoms with van der Waals surface area (Å²) in [4.78, 5) is 24.3. The lowest BCUT2D eigenvalue weighted by Crippen LogP contribution is -2.28. The van der Waals surface area contributed by atoms with Crippen LogP contribution in [0.3, 0.4) is 0 Å². The fourth-order valence-electron chi connectivity index (χ4n) is 2.29. The predicted octanol–water partition coefficient (Wildman–Crippen LogP) is 0.538. The summed E-state index contributed by atoms with van der Waals surface area (Å²) < 4.78 is 4.17. The van der Waals surface area contributed by atoms with Crippen LogP contribution in [0.2, 0.25) is 0 Å². The Kier molecular flexibility index (Phi) is 3.35. The first-order valence-electron chi connectivity index (χ1n) is 6.76. The van der Waals surface area contributed by atoms with Gasteiger partial charge in [0, 0.05) is 18.9 Å². The first-order chi connectivity index (χ1) is 10.6. The Bertz CT molecular complexity index is 1000. The van der Waals surface area contributed by atoms with Gasteiger partial charge in [-0.2, -0.15) is 5.26 Å². The van der Waals surface area contributed by atoms with Crippen molar-refractivity contribution < 1.29 is 0 Å². The van der Waals surface area contributed by atoms with Crippen LogP contribution in [0.25, 0.3) is 5.65 Å². The van der Waals surface area contributed by atoms with Crippen molar-refractivity contribution in [3.05, 3.63) is 68.6 Å². The van der Waals surface area contributed by atoms with Gasteiger partial charge in [-0.15, -0.1) is 5.10 Å². The third-order valence-corrected chi connectivity index (χ3v) is 3.53. The number of nitrogens with zero attached hydrogens (tertiary/aromatic N) is 5. The zero-order valence-corrected chi connectivity index (χ0v) is 11.9. The summed E-state index contributed by atoms with van der Waals surface area (Å²) in [7, 11) is 0. The molecule has 0 amide bonds. The Morgan fingerprint density at radius 3 is 2.73 bits per heavy atom. The number of rotatable bonds is 3. The smallest absolute Gasteiger partial charge is 0.313 e. The Morgan fingerprint density at radius 2 is 2.00 bits per heavy atom. The van der Waals surface area contributed by atoms with Crippen LogP contribution in [0.15, 0.2) is 46.2 Å². The molecule has 0 atom stereocenters. The number of pyridine rings is 2. The summed E-state index contributed by atoms with van der Waals surface area (Å²) >= 11 is 0. The molecule has 7 heteroatoms. The third kappa shape index (κ3) is 2.20. The maximum Gasteiger partial charge on any atom is 0.350 e. The molecule has 0 radical (unpaired) electrons. The van der Waals surface area contributed by atoms with Crippen molar-refractivity contribution in [1.82, 2.24) is 18.7 Å². The second kappa shape index (κ2) is 5.33. The average Bonchev–Trinajstić information content (AvgIpc) is 2.84. The molecule has 7 nitrogen and oxygen atoms in total. The van der Waals surface area contributed by atoms with Gasteiger partial charge >= 0.3 is 5.69 Å². The number of aromatic nitrogens is 4. The van der Waals surface area contributed by atoms with Crippen LogP contribution < -0.4 is 11.2 Å². The molecule has 3 aromatic heterocycles. The molecule has 0 spiro atoms. The van der Waals surface area contributed by atoms with Gasteiger partial charge in [0.2, 0.25) is 0 Å². The van der Waals surface area contributed by atoms with Gasteiger partial charge in [-0.3, -0.25) is 9.20 Å². The molecule has 0 fully saturated rings. The molecule has 3 rings (SSSR count). The second-order valence-electron chi connectivity index (χ2n) is 4.92. The van der Waals surface area contributed by atoms with E-state index in [2.05, 4.69) is 5.10 Å². The van der Waals surface area contributed by atoms with Crippen molar-refractivity contribution in [3.8, 4) is 6.07 Å². The van der Waals surface area contributed by atoms with Gasteiger partial charge in [-0.05, 0) is 30.7 Å². The van der Waals surface area contributed by atoms with E-state index in [1.807, 2.05) is 6.07 Å². The third-order valence-electron chi connectivity index (χ3n) is 3.53. The van der Waals surface area contributed by atoms with Crippen LogP contribution >= 0.6 is 0 Å². The highest BCUT2D eigenvalue weighted by molar-refractivity contribution is 5.35. The quantitative estimate of drug-likeness (QED) is 0.705. The van der Waals surface area contributed by atoms with E-state index in [0.717, 1.165) is 0 Å². The van der Waals surface area contributed by atoms with E-state index in [1.165, 1.54) is 13.6 Å². The van der Waals surface area contributed by atoms with E-state index in [4.69, 9.17) is 5.26 Å². The fraction of sp³-hybridized carbons (Fsp3) is 0.200. The zero-order valence-electron chi connectivity index (χ0n) is 11.9. The highest BCUT2D eigenvalue weighted by Crippen LogP contribution is 2.00. The molecule has 0 aliphatic carbocycles. The summed E-state index contributed by atoms with van der Waals surface area (Å²) in [6.07, 6.45) is 3.27. The van der Waals surface area contributed by atoms with E-state index >= 15 is 0 Å². The Hall–Kier alpha value is -3.14. The van der Waals surface area contributed by atoms with Gasteiger partial charge in [0.05, 0.1) is 6.54 Å². The standard InChI is InChI=1S/C15H13N5O2/c1-11-5-7-18(14(21)12(11)10-16)8-9-20-15(22)19-6-3-2-4-13(19)17-20/h2-7H,8-9H2,1H3. The van der Waals surface area contributed by atoms with Crippen LogP contribution in [0.1, 0.15) is 11.1 Å². The number of fused-ring (bicyclic) bond motifs is 1. The van der Waals surface area contributed by atoms with E-state index in [1.54, 1.807) is 43.6 Å². The molecule has 0 aliphatic rings. The molecule has 22 heavy (non-hydrogen) atoms. The minimum Gasteiger partial charge on any atom is -0.313 e. The molecule has 0 aromatic carbocycles. The normalized spacial score (nSPS) is 10.7. The van der Waals surface area contributed by atoms with Gasteiger partial charge in [0.1, 0.15) is 11.6 Å². The number of aryl methyl sites for hydroxylation is 3. The minimum atomic E-state index is -0.348. The molecule has 0 N–H and O–H groups in total. The Morgan fingerprint density at radius 1 is 1.18 bits per heavy atom. The van der Waals surface area contributed by atoms with E-state index < -0.39 is 0 Å². The van der Waals surface area contributed by atoms with Crippen LogP contribution in [-0.2, 0) is 13.1 Å². The van der Waals surface area contributed by atoms with Crippen LogP contribution in [0.5, 0.6) is 0 Å². The SMILES string of the molecule is Cc1ccn(CCn2nc3ccccn3c2=O)c(=O)c1C#N. The lowest BCUT2D eigenvalue weighted by Gasteiger charge is -2.06. The second-order valence-corrected chi connectivity index (χ2v) is 4.92. The van der Waals surface area contributed by atoms with Crippen molar-refractivity contribution in [2.75, 3.05) is 0 Å². The minimum absolute atomic E-state index is 0.129. The Labute approximate surface area is 125 Å². The topological polar surface area (TPSA) is 85.1 Å². The van der Waals surface area contributed by atoms with Gasteiger partial charge in [0.25, 0.3) is 5.56 Å². The molecule has 3 heterocycles. The molecular formula is C15H13N5O2. The maximum atomic E-state index is 12.1. The van der Waals surface area contributed by atoms with Crippen LogP contribution in [-0.4, -0.2) is 18.7 Å². The number of hydrogen-bond donors (Lipinski definition) is 0. The van der Waals surface area contributed by atoms with Crippen molar-refractivity contribution in [3.63, 3.8) is 0 Å². The molecule has 0 saturated carbocycles. The molecule has 0 bridgehead atoms. The summed E-state index contributed by atoms with van der Waals surface area (Å²) in [5, 5.41) is 13.2. The summed E-state index contributed by atoms with van der Waals surface area (Å²) in [5.74, 6) is 0. The van der Waals surface area contributed by atoms with Gasteiger partial charge < -0.3 is 4.57 Å². The summed E-state index contributed by atoms with van der Waals surface area (Å²) in [6.45, 7) is 2.25. The van der Waals surface area contributed by atoms with E-state index in [0.29, 0.717) is 11.2 Å². The van der Waals surface area contributed by atoms with Gasteiger partial charge in [-0.1, -0.05) is 6.07 Å². The molecule has 3 aromatic rings. The lowest BCUT2D eigenvalue weighted by atomic mass is 10.2. The largest absolute Gasteiger partial charge is 0.350 e. The van der Waals surface area contributed by atoms with Gasteiger partial charge in [-0.25, -0.2) is 9.48 Å². The van der Waals surface area contributed by atoms with E-state index in [9.17, 15) is 9.59 Å². The monoisotopic (exact) mass is 295 g/mol. The van der Waals surface area contributed by atoms with Crippen LogP contribution in [0.4, 0.5) is 0 Å². The Balaban J connectivity index is 1.92. The number of nitriles is 1. The van der Waals surface area contributed by atoms with Crippen molar-refractivity contribution in [1.29, 1.82) is 5.26 Å². The fourth-order valence-corrected chi connectivity index (χ4v) is 2.29.